The molecule has 0 atom stereocenters. The van der Waals surface area contributed by atoms with Crippen LogP contribution in [0.4, 0.5) is 10.1 Å². The van der Waals surface area contributed by atoms with Crippen molar-refractivity contribution in [3.63, 3.8) is 0 Å². The second-order valence-corrected chi connectivity index (χ2v) is 8.26. The van der Waals surface area contributed by atoms with Crippen molar-refractivity contribution in [1.82, 2.24) is 4.98 Å². The average molecular weight is 401 g/mol. The van der Waals surface area contributed by atoms with E-state index in [2.05, 4.69) is 4.98 Å². The van der Waals surface area contributed by atoms with Crippen molar-refractivity contribution in [1.29, 1.82) is 0 Å². The van der Waals surface area contributed by atoms with Crippen molar-refractivity contribution >= 4 is 34.7 Å². The second kappa shape index (κ2) is 7.70. The van der Waals surface area contributed by atoms with Crippen LogP contribution in [0.5, 0.6) is 5.75 Å². The number of ether oxygens (including phenoxy) is 1. The number of thiazole rings is 1. The molecule has 0 unspecified atom stereocenters. The maximum atomic E-state index is 13.1. The van der Waals surface area contributed by atoms with Crippen LogP contribution in [0.2, 0.25) is 0 Å². The lowest BCUT2D eigenvalue weighted by atomic mass is 10.2. The Kier molecular flexibility index (Phi) is 5.13. The number of thioether (sulfide) groups is 1. The average Bonchev–Trinajstić information content (AvgIpc) is 3.07. The summed E-state index contributed by atoms with van der Waals surface area (Å²) in [6.45, 7) is 2.77. The first-order valence-corrected chi connectivity index (χ1v) is 10.3. The van der Waals surface area contributed by atoms with E-state index >= 15 is 0 Å². The Bertz CT molecular complexity index is 972. The minimum atomic E-state index is -0.305. The lowest BCUT2D eigenvalue weighted by Crippen LogP contribution is -2.35. The molecule has 138 valence electrons. The summed E-state index contributed by atoms with van der Waals surface area (Å²) < 4.78 is 18.6. The molecule has 0 radical (unpaired) electrons. The number of halogens is 1. The zero-order chi connectivity index (χ0) is 18.8. The van der Waals surface area contributed by atoms with Gasteiger partial charge in [0.15, 0.2) is 0 Å². The Balaban J connectivity index is 1.51. The smallest absolute Gasteiger partial charge is 0.270 e. The topological polar surface area (TPSA) is 42.4 Å². The van der Waals surface area contributed by atoms with Gasteiger partial charge in [0.25, 0.3) is 5.91 Å². The van der Waals surface area contributed by atoms with Crippen molar-refractivity contribution in [3.8, 4) is 5.75 Å². The Morgan fingerprint density at radius 3 is 2.81 bits per heavy atom. The number of rotatable bonds is 4. The molecule has 0 N–H and O–H groups in total. The number of aryl methyl sites for hydroxylation is 1. The number of anilines is 1. The van der Waals surface area contributed by atoms with Crippen LogP contribution >= 0.6 is 23.1 Å². The molecule has 0 spiro atoms. The van der Waals surface area contributed by atoms with E-state index in [9.17, 15) is 9.18 Å². The van der Waals surface area contributed by atoms with E-state index in [-0.39, 0.29) is 18.3 Å². The number of nitrogens with zero attached hydrogens (tertiary/aromatic N) is 2. The highest BCUT2D eigenvalue weighted by Crippen LogP contribution is 2.36. The first kappa shape index (κ1) is 18.0. The van der Waals surface area contributed by atoms with Crippen LogP contribution in [-0.2, 0) is 6.61 Å². The minimum absolute atomic E-state index is 0.0224. The molecule has 0 saturated heterocycles. The summed E-state index contributed by atoms with van der Waals surface area (Å²) in [5.74, 6) is 1.12. The fourth-order valence-corrected chi connectivity index (χ4v) is 4.81. The number of hydrogen-bond donors (Lipinski definition) is 0. The molecule has 2 heterocycles. The number of hydrogen-bond acceptors (Lipinski definition) is 5. The standard InChI is InChI=1S/C20H17FN2O2S2/c1-13-19(20(24)23-10-11-26-17-5-3-2-4-16(17)23)27-18(22-13)12-25-15-8-6-14(21)7-9-15/h2-9H,10-12H2,1H3. The molecule has 0 fully saturated rings. The summed E-state index contributed by atoms with van der Waals surface area (Å²) in [5.41, 5.74) is 1.66. The summed E-state index contributed by atoms with van der Waals surface area (Å²) in [4.78, 5) is 21.2. The SMILES string of the molecule is Cc1nc(COc2ccc(F)cc2)sc1C(=O)N1CCSc2ccccc21. The second-order valence-electron chi connectivity index (χ2n) is 6.04. The molecule has 4 rings (SSSR count). The van der Waals surface area contributed by atoms with E-state index < -0.39 is 0 Å². The highest BCUT2D eigenvalue weighted by molar-refractivity contribution is 7.99. The predicted octanol–water partition coefficient (Wildman–Crippen LogP) is 4.92. The van der Waals surface area contributed by atoms with Gasteiger partial charge in [-0.05, 0) is 43.3 Å². The lowest BCUT2D eigenvalue weighted by Gasteiger charge is -2.28. The van der Waals surface area contributed by atoms with Crippen LogP contribution < -0.4 is 9.64 Å². The lowest BCUT2D eigenvalue weighted by molar-refractivity contribution is 0.0991. The quantitative estimate of drug-likeness (QED) is 0.623. The van der Waals surface area contributed by atoms with E-state index in [4.69, 9.17) is 4.74 Å². The number of carbonyl (C=O) groups is 1. The van der Waals surface area contributed by atoms with Gasteiger partial charge in [0.05, 0.1) is 11.4 Å². The van der Waals surface area contributed by atoms with E-state index in [1.54, 1.807) is 23.9 Å². The molecular weight excluding hydrogens is 383 g/mol. The van der Waals surface area contributed by atoms with E-state index in [1.165, 1.54) is 23.5 Å². The Morgan fingerprint density at radius 1 is 1.22 bits per heavy atom. The van der Waals surface area contributed by atoms with Gasteiger partial charge in [0, 0.05) is 17.2 Å². The summed E-state index contributed by atoms with van der Waals surface area (Å²) in [6.07, 6.45) is 0. The molecule has 1 aliphatic heterocycles. The number of para-hydroxylation sites is 1. The molecule has 3 aromatic rings. The van der Waals surface area contributed by atoms with Gasteiger partial charge < -0.3 is 9.64 Å². The Morgan fingerprint density at radius 2 is 2.00 bits per heavy atom. The number of fused-ring (bicyclic) bond motifs is 1. The van der Waals surface area contributed by atoms with Crippen molar-refractivity contribution in [2.75, 3.05) is 17.2 Å². The number of aromatic nitrogens is 1. The first-order chi connectivity index (χ1) is 13.1. The molecule has 27 heavy (non-hydrogen) atoms. The van der Waals surface area contributed by atoms with Gasteiger partial charge in [-0.1, -0.05) is 12.1 Å². The van der Waals surface area contributed by atoms with Crippen molar-refractivity contribution in [3.05, 3.63) is 69.9 Å². The highest BCUT2D eigenvalue weighted by Gasteiger charge is 2.27. The van der Waals surface area contributed by atoms with E-state index in [0.717, 1.165) is 21.3 Å². The van der Waals surface area contributed by atoms with Gasteiger partial charge in [-0.15, -0.1) is 23.1 Å². The third-order valence-electron chi connectivity index (χ3n) is 4.18. The normalized spacial score (nSPS) is 13.3. The number of benzene rings is 2. The maximum absolute atomic E-state index is 13.1. The van der Waals surface area contributed by atoms with Crippen molar-refractivity contribution in [2.24, 2.45) is 0 Å². The molecule has 1 aromatic heterocycles. The summed E-state index contributed by atoms with van der Waals surface area (Å²) in [5, 5.41) is 0.722. The molecule has 0 aliphatic carbocycles. The minimum Gasteiger partial charge on any atom is -0.486 e. The first-order valence-electron chi connectivity index (χ1n) is 8.50. The van der Waals surface area contributed by atoms with Gasteiger partial charge in [0.2, 0.25) is 0 Å². The van der Waals surface area contributed by atoms with Crippen LogP contribution in [-0.4, -0.2) is 23.2 Å². The van der Waals surface area contributed by atoms with E-state index in [1.807, 2.05) is 36.1 Å². The monoisotopic (exact) mass is 400 g/mol. The molecular formula is C20H17FN2O2S2. The van der Waals surface area contributed by atoms with E-state index in [0.29, 0.717) is 22.9 Å². The summed E-state index contributed by atoms with van der Waals surface area (Å²) >= 11 is 3.12. The molecule has 0 saturated carbocycles. The van der Waals surface area contributed by atoms with Crippen LogP contribution in [0.3, 0.4) is 0 Å². The predicted molar refractivity (Wildman–Crippen MR) is 106 cm³/mol. The van der Waals surface area contributed by atoms with Gasteiger partial charge >= 0.3 is 0 Å². The fourth-order valence-electron chi connectivity index (χ4n) is 2.89. The van der Waals surface area contributed by atoms with Crippen LogP contribution in [0, 0.1) is 12.7 Å². The molecule has 2 aromatic carbocycles. The fraction of sp³-hybridized carbons (Fsp3) is 0.200. The molecule has 1 aliphatic rings. The van der Waals surface area contributed by atoms with Gasteiger partial charge in [-0.3, -0.25) is 4.79 Å². The number of amides is 1. The zero-order valence-corrected chi connectivity index (χ0v) is 16.3. The molecule has 0 bridgehead atoms. The summed E-state index contributed by atoms with van der Waals surface area (Å²) in [7, 11) is 0. The Labute approximate surface area is 165 Å². The third kappa shape index (κ3) is 3.84. The molecule has 1 amide bonds. The van der Waals surface area contributed by atoms with Gasteiger partial charge in [-0.2, -0.15) is 0 Å². The maximum Gasteiger partial charge on any atom is 0.270 e. The van der Waals surface area contributed by atoms with Crippen LogP contribution in [0.15, 0.2) is 53.4 Å². The number of carbonyl (C=O) groups excluding carboxylic acids is 1. The zero-order valence-electron chi connectivity index (χ0n) is 14.6. The van der Waals surface area contributed by atoms with Crippen molar-refractivity contribution in [2.45, 2.75) is 18.4 Å². The van der Waals surface area contributed by atoms with Crippen LogP contribution in [0.1, 0.15) is 20.4 Å². The highest BCUT2D eigenvalue weighted by atomic mass is 32.2. The third-order valence-corrected chi connectivity index (χ3v) is 6.35. The summed E-state index contributed by atoms with van der Waals surface area (Å²) in [6, 6.07) is 13.8. The van der Waals surface area contributed by atoms with Gasteiger partial charge in [-0.25, -0.2) is 9.37 Å². The van der Waals surface area contributed by atoms with Crippen molar-refractivity contribution < 1.29 is 13.9 Å². The molecule has 7 heteroatoms. The van der Waals surface area contributed by atoms with Crippen LogP contribution in [0.25, 0.3) is 0 Å². The largest absolute Gasteiger partial charge is 0.486 e. The van der Waals surface area contributed by atoms with Gasteiger partial charge in [0.1, 0.15) is 28.1 Å². The molecule has 4 nitrogen and oxygen atoms in total. The Hall–Kier alpha value is -2.38.